The van der Waals surface area contributed by atoms with Gasteiger partial charge in [0.25, 0.3) is 11.8 Å². The molecule has 0 bridgehead atoms. The van der Waals surface area contributed by atoms with E-state index < -0.39 is 29.3 Å². The molecule has 11 heteroatoms. The van der Waals surface area contributed by atoms with E-state index in [0.29, 0.717) is 36.4 Å². The van der Waals surface area contributed by atoms with Crippen molar-refractivity contribution in [2.24, 2.45) is 0 Å². The van der Waals surface area contributed by atoms with Gasteiger partial charge in [-0.15, -0.1) is 0 Å². The fraction of sp³-hybridized carbons (Fsp3) is 0.348. The molecular formula is C23H24ClFN4O5. The number of fused-ring (bicyclic) bond motifs is 1. The maximum Gasteiger partial charge on any atom is 0.431 e. The third-order valence-corrected chi connectivity index (χ3v) is 6.01. The maximum atomic E-state index is 13.5. The molecule has 34 heavy (non-hydrogen) atoms. The van der Waals surface area contributed by atoms with Gasteiger partial charge in [-0.2, -0.15) is 0 Å². The van der Waals surface area contributed by atoms with Crippen LogP contribution >= 0.6 is 11.6 Å². The van der Waals surface area contributed by atoms with Crippen molar-refractivity contribution in [3.05, 3.63) is 58.4 Å². The molecule has 0 radical (unpaired) electrons. The lowest BCUT2D eigenvalue weighted by atomic mass is 10.0. The van der Waals surface area contributed by atoms with Crippen LogP contribution in [-0.2, 0) is 27.4 Å². The fourth-order valence-corrected chi connectivity index (χ4v) is 4.35. The van der Waals surface area contributed by atoms with Crippen molar-refractivity contribution < 1.29 is 28.7 Å². The first-order chi connectivity index (χ1) is 16.2. The SMILES string of the molecule is CCNC(=O)ON1CCc2cc(N3CC[C@@](O)(C(=O)NCc4cc(F)cc(Cl)c4)C3=O)ccc21. The zero-order valence-corrected chi connectivity index (χ0v) is 19.2. The molecule has 4 rings (SSSR count). The fourth-order valence-electron chi connectivity index (χ4n) is 4.10. The molecule has 3 amide bonds. The molecule has 0 unspecified atom stereocenters. The van der Waals surface area contributed by atoms with E-state index in [-0.39, 0.29) is 24.5 Å². The Morgan fingerprint density at radius 1 is 1.21 bits per heavy atom. The standard InChI is InChI=1S/C23H24ClFN4O5/c1-2-26-22(32)34-29-7-5-15-11-18(3-4-19(15)29)28-8-6-23(33,21(28)31)20(30)27-13-14-9-16(24)12-17(25)10-14/h3-4,9-12,33H,2,5-8,13H2,1H3,(H,26,32)(H,27,30)/t23-/m1/s1. The molecule has 2 aliphatic rings. The van der Waals surface area contributed by atoms with Gasteiger partial charge in [0.15, 0.2) is 0 Å². The van der Waals surface area contributed by atoms with E-state index in [1.165, 1.54) is 22.1 Å². The van der Waals surface area contributed by atoms with Gasteiger partial charge in [-0.3, -0.25) is 9.59 Å². The third-order valence-electron chi connectivity index (χ3n) is 5.79. The molecule has 0 spiro atoms. The summed E-state index contributed by atoms with van der Waals surface area (Å²) in [6.45, 7) is 2.76. The summed E-state index contributed by atoms with van der Waals surface area (Å²) >= 11 is 5.82. The van der Waals surface area contributed by atoms with Gasteiger partial charge in [-0.05, 0) is 60.9 Å². The van der Waals surface area contributed by atoms with Crippen molar-refractivity contribution in [2.75, 3.05) is 29.6 Å². The van der Waals surface area contributed by atoms with Crippen molar-refractivity contribution in [2.45, 2.75) is 31.9 Å². The molecule has 0 aliphatic carbocycles. The number of rotatable bonds is 6. The summed E-state index contributed by atoms with van der Waals surface area (Å²) in [7, 11) is 0. The Morgan fingerprint density at radius 2 is 2.00 bits per heavy atom. The second kappa shape index (κ2) is 9.47. The Hall–Kier alpha value is -3.37. The summed E-state index contributed by atoms with van der Waals surface area (Å²) < 4.78 is 13.5. The van der Waals surface area contributed by atoms with Gasteiger partial charge < -0.3 is 25.5 Å². The van der Waals surface area contributed by atoms with E-state index in [9.17, 15) is 23.9 Å². The largest absolute Gasteiger partial charge is 0.431 e. The van der Waals surface area contributed by atoms with Crippen LogP contribution in [0.1, 0.15) is 24.5 Å². The number of hydroxylamine groups is 1. The van der Waals surface area contributed by atoms with Crippen LogP contribution in [0.4, 0.5) is 20.6 Å². The van der Waals surface area contributed by atoms with Crippen molar-refractivity contribution >= 4 is 40.9 Å². The molecule has 1 fully saturated rings. The normalized spacial score (nSPS) is 19.2. The van der Waals surface area contributed by atoms with E-state index in [1.807, 2.05) is 0 Å². The second-order valence-corrected chi connectivity index (χ2v) is 8.54. The molecule has 0 saturated carbocycles. The number of aliphatic hydroxyl groups is 1. The van der Waals surface area contributed by atoms with Crippen LogP contribution in [0, 0.1) is 5.82 Å². The first-order valence-corrected chi connectivity index (χ1v) is 11.2. The van der Waals surface area contributed by atoms with E-state index in [2.05, 4.69) is 10.6 Å². The lowest BCUT2D eigenvalue weighted by Gasteiger charge is -2.23. The lowest BCUT2D eigenvalue weighted by molar-refractivity contribution is -0.149. The zero-order chi connectivity index (χ0) is 24.5. The number of benzene rings is 2. The topological polar surface area (TPSA) is 111 Å². The average Bonchev–Trinajstić information content (AvgIpc) is 3.32. The minimum Gasteiger partial charge on any atom is -0.372 e. The Kier molecular flexibility index (Phi) is 6.63. The van der Waals surface area contributed by atoms with Crippen molar-refractivity contribution in [1.29, 1.82) is 0 Å². The molecule has 2 aliphatic heterocycles. The summed E-state index contributed by atoms with van der Waals surface area (Å²) in [6, 6.07) is 9.03. The zero-order valence-electron chi connectivity index (χ0n) is 18.4. The van der Waals surface area contributed by atoms with E-state index in [4.69, 9.17) is 16.4 Å². The van der Waals surface area contributed by atoms with Gasteiger partial charge in [0.2, 0.25) is 5.60 Å². The minimum absolute atomic E-state index is 0.0911. The van der Waals surface area contributed by atoms with Gasteiger partial charge in [-0.1, -0.05) is 11.6 Å². The smallest absolute Gasteiger partial charge is 0.372 e. The van der Waals surface area contributed by atoms with Crippen LogP contribution < -0.4 is 20.6 Å². The number of halogens is 2. The molecule has 2 aromatic rings. The Balaban J connectivity index is 1.43. The highest BCUT2D eigenvalue weighted by Gasteiger charge is 2.51. The van der Waals surface area contributed by atoms with Crippen molar-refractivity contribution in [3.8, 4) is 0 Å². The lowest BCUT2D eigenvalue weighted by Crippen LogP contribution is -2.52. The van der Waals surface area contributed by atoms with Gasteiger partial charge in [0.05, 0.1) is 12.2 Å². The van der Waals surface area contributed by atoms with Gasteiger partial charge >= 0.3 is 6.09 Å². The predicted octanol–water partition coefficient (Wildman–Crippen LogP) is 2.29. The number of nitrogens with zero attached hydrogens (tertiary/aromatic N) is 2. The molecule has 2 heterocycles. The van der Waals surface area contributed by atoms with Gasteiger partial charge in [0.1, 0.15) is 5.82 Å². The third kappa shape index (κ3) is 4.64. The maximum absolute atomic E-state index is 13.5. The average molecular weight is 491 g/mol. The molecule has 0 aromatic heterocycles. The quantitative estimate of drug-likeness (QED) is 0.536. The number of carbonyl (C=O) groups excluding carboxylic acids is 3. The van der Waals surface area contributed by atoms with E-state index >= 15 is 0 Å². The Morgan fingerprint density at radius 3 is 2.74 bits per heavy atom. The summed E-state index contributed by atoms with van der Waals surface area (Å²) in [4.78, 5) is 44.1. The molecule has 9 nitrogen and oxygen atoms in total. The first-order valence-electron chi connectivity index (χ1n) is 10.8. The van der Waals surface area contributed by atoms with Gasteiger partial charge in [0, 0.05) is 36.8 Å². The van der Waals surface area contributed by atoms with Gasteiger partial charge in [-0.25, -0.2) is 14.2 Å². The van der Waals surface area contributed by atoms with Crippen molar-refractivity contribution in [1.82, 2.24) is 10.6 Å². The molecule has 2 aromatic carbocycles. The molecule has 1 atom stereocenters. The van der Waals surface area contributed by atoms with E-state index in [0.717, 1.165) is 11.6 Å². The molecule has 180 valence electrons. The second-order valence-electron chi connectivity index (χ2n) is 8.10. The molecule has 1 saturated heterocycles. The van der Waals surface area contributed by atoms with Crippen molar-refractivity contribution in [3.63, 3.8) is 0 Å². The highest BCUT2D eigenvalue weighted by Crippen LogP contribution is 2.35. The number of hydrogen-bond acceptors (Lipinski definition) is 6. The predicted molar refractivity (Wildman–Crippen MR) is 123 cm³/mol. The number of carbonyl (C=O) groups is 3. The van der Waals surface area contributed by atoms with Crippen LogP contribution in [-0.4, -0.2) is 48.2 Å². The first kappa shape index (κ1) is 23.8. The number of amides is 3. The van der Waals surface area contributed by atoms with Crippen LogP contribution in [0.25, 0.3) is 0 Å². The van der Waals surface area contributed by atoms with Crippen LogP contribution in [0.5, 0.6) is 0 Å². The summed E-state index contributed by atoms with van der Waals surface area (Å²) in [5.74, 6) is -2.15. The van der Waals surface area contributed by atoms with Crippen LogP contribution in [0.2, 0.25) is 5.02 Å². The number of hydrogen-bond donors (Lipinski definition) is 3. The van der Waals surface area contributed by atoms with Crippen LogP contribution in [0.3, 0.4) is 0 Å². The highest BCUT2D eigenvalue weighted by atomic mass is 35.5. The summed E-state index contributed by atoms with van der Waals surface area (Å²) in [5.41, 5.74) is 0.288. The summed E-state index contributed by atoms with van der Waals surface area (Å²) in [5, 5.41) is 17.6. The van der Waals surface area contributed by atoms with Crippen LogP contribution in [0.15, 0.2) is 36.4 Å². The van der Waals surface area contributed by atoms with E-state index in [1.54, 1.807) is 25.1 Å². The molecule has 3 N–H and O–H groups in total. The molecular weight excluding hydrogens is 467 g/mol. The summed E-state index contributed by atoms with van der Waals surface area (Å²) in [6.07, 6.45) is -0.0397. The Bertz CT molecular complexity index is 1130. The minimum atomic E-state index is -2.23. The monoisotopic (exact) mass is 490 g/mol. The number of nitrogens with one attached hydrogen (secondary N) is 2. The highest BCUT2D eigenvalue weighted by molar-refractivity contribution is 6.30. The Labute approximate surface area is 200 Å². The number of anilines is 2.